The number of nitrogens with zero attached hydrogens (tertiary/aromatic N) is 2. The lowest BCUT2D eigenvalue weighted by Crippen LogP contribution is -2.26. The van der Waals surface area contributed by atoms with Crippen LogP contribution in [-0.2, 0) is 22.7 Å². The molecule has 1 N–H and O–H groups in total. The van der Waals surface area contributed by atoms with Crippen LogP contribution in [0, 0.1) is 0 Å². The second-order valence-electron chi connectivity index (χ2n) is 5.15. The highest BCUT2D eigenvalue weighted by Gasteiger charge is 2.36. The van der Waals surface area contributed by atoms with Crippen LogP contribution in [0.2, 0.25) is 0 Å². The van der Waals surface area contributed by atoms with E-state index in [1.807, 2.05) is 11.4 Å². The fourth-order valence-electron chi connectivity index (χ4n) is 2.29. The number of rotatable bonds is 5. The van der Waals surface area contributed by atoms with Crippen LogP contribution in [0.25, 0.3) is 10.6 Å². The van der Waals surface area contributed by atoms with E-state index in [0.717, 1.165) is 23.1 Å². The van der Waals surface area contributed by atoms with Crippen LogP contribution in [0.3, 0.4) is 0 Å². The van der Waals surface area contributed by atoms with Gasteiger partial charge in [0.05, 0.1) is 27.6 Å². The Hall–Kier alpha value is -2.30. The minimum absolute atomic E-state index is 0.282. The van der Waals surface area contributed by atoms with Crippen molar-refractivity contribution in [2.45, 2.75) is 17.6 Å². The van der Waals surface area contributed by atoms with Gasteiger partial charge in [0.15, 0.2) is 0 Å². The Morgan fingerprint density at radius 3 is 2.46 bits per heavy atom. The summed E-state index contributed by atoms with van der Waals surface area (Å²) in [6.45, 7) is -0.282. The van der Waals surface area contributed by atoms with Gasteiger partial charge in [-0.05, 0) is 23.6 Å². The summed E-state index contributed by atoms with van der Waals surface area (Å²) in [7, 11) is -4.39. The van der Waals surface area contributed by atoms with Gasteiger partial charge in [-0.25, -0.2) is 13.1 Å². The van der Waals surface area contributed by atoms with Gasteiger partial charge in [0, 0.05) is 12.4 Å². The Labute approximate surface area is 151 Å². The molecule has 5 nitrogen and oxygen atoms in total. The molecule has 26 heavy (non-hydrogen) atoms. The summed E-state index contributed by atoms with van der Waals surface area (Å²) in [5.41, 5.74) is -0.414. The molecular formula is C16H12F3N3O2S2. The highest BCUT2D eigenvalue weighted by Crippen LogP contribution is 2.34. The van der Waals surface area contributed by atoms with Crippen molar-refractivity contribution in [1.29, 1.82) is 0 Å². The van der Waals surface area contributed by atoms with Crippen molar-refractivity contribution in [3.8, 4) is 10.6 Å². The quantitative estimate of drug-likeness (QED) is 0.710. The predicted molar refractivity (Wildman–Crippen MR) is 90.8 cm³/mol. The lowest BCUT2D eigenvalue weighted by molar-refractivity contribution is -0.139. The Morgan fingerprint density at radius 1 is 1.04 bits per heavy atom. The summed E-state index contributed by atoms with van der Waals surface area (Å²) in [6.07, 6.45) is -1.92. The third-order valence-corrected chi connectivity index (χ3v) is 5.78. The smallest absolute Gasteiger partial charge is 0.256 e. The maximum atomic E-state index is 13.1. The Kier molecular flexibility index (Phi) is 5.08. The molecule has 0 aliphatic heterocycles. The first-order chi connectivity index (χ1) is 12.3. The molecule has 3 rings (SSSR count). The number of halogens is 3. The number of nitrogens with one attached hydrogen (secondary N) is 1. The molecule has 0 aliphatic carbocycles. The lowest BCUT2D eigenvalue weighted by atomic mass is 10.2. The number of sulfonamides is 1. The molecule has 0 saturated heterocycles. The van der Waals surface area contributed by atoms with E-state index in [1.54, 1.807) is 6.07 Å². The average Bonchev–Trinajstić information content (AvgIpc) is 3.14. The van der Waals surface area contributed by atoms with E-state index in [-0.39, 0.29) is 6.54 Å². The summed E-state index contributed by atoms with van der Waals surface area (Å²) in [5.74, 6) is 0. The van der Waals surface area contributed by atoms with E-state index in [4.69, 9.17) is 0 Å². The van der Waals surface area contributed by atoms with Crippen LogP contribution in [0.4, 0.5) is 13.2 Å². The molecule has 0 amide bonds. The lowest BCUT2D eigenvalue weighted by Gasteiger charge is -2.14. The van der Waals surface area contributed by atoms with Crippen molar-refractivity contribution in [2.24, 2.45) is 0 Å². The molecule has 0 atom stereocenters. The molecule has 0 saturated carbocycles. The highest BCUT2D eigenvalue weighted by molar-refractivity contribution is 7.89. The van der Waals surface area contributed by atoms with Crippen LogP contribution in [0.1, 0.15) is 11.3 Å². The van der Waals surface area contributed by atoms with Crippen molar-refractivity contribution in [2.75, 3.05) is 0 Å². The SMILES string of the molecule is O=S(=O)(NCc1nccnc1-c1cccs1)c1ccccc1C(F)(F)F. The summed E-state index contributed by atoms with van der Waals surface area (Å²) >= 11 is 1.40. The molecule has 136 valence electrons. The summed E-state index contributed by atoms with van der Waals surface area (Å²) in [4.78, 5) is 8.24. The van der Waals surface area contributed by atoms with Gasteiger partial charge < -0.3 is 0 Å². The van der Waals surface area contributed by atoms with Crippen LogP contribution in [-0.4, -0.2) is 18.4 Å². The molecule has 3 aromatic rings. The molecular weight excluding hydrogens is 387 g/mol. The van der Waals surface area contributed by atoms with E-state index >= 15 is 0 Å². The molecule has 0 unspecified atom stereocenters. The Bertz CT molecular complexity index is 1000. The van der Waals surface area contributed by atoms with Crippen LogP contribution < -0.4 is 4.72 Å². The van der Waals surface area contributed by atoms with E-state index in [9.17, 15) is 21.6 Å². The van der Waals surface area contributed by atoms with Gasteiger partial charge in [0.25, 0.3) is 0 Å². The molecule has 0 spiro atoms. The summed E-state index contributed by atoms with van der Waals surface area (Å²) < 4.78 is 66.2. The van der Waals surface area contributed by atoms with Crippen LogP contribution in [0.5, 0.6) is 0 Å². The van der Waals surface area contributed by atoms with Crippen molar-refractivity contribution in [1.82, 2.24) is 14.7 Å². The number of hydrogen-bond donors (Lipinski definition) is 1. The van der Waals surface area contributed by atoms with Gasteiger partial charge in [0.1, 0.15) is 5.69 Å². The van der Waals surface area contributed by atoms with E-state index in [0.29, 0.717) is 11.4 Å². The van der Waals surface area contributed by atoms with E-state index in [2.05, 4.69) is 14.7 Å². The van der Waals surface area contributed by atoms with Gasteiger partial charge in [-0.1, -0.05) is 18.2 Å². The summed E-state index contributed by atoms with van der Waals surface area (Å²) in [5, 5.41) is 1.83. The Balaban J connectivity index is 1.90. The first-order valence-corrected chi connectivity index (χ1v) is 9.65. The monoisotopic (exact) mass is 399 g/mol. The standard InChI is InChI=1S/C16H12F3N3O2S2/c17-16(18,19)11-4-1-2-6-14(11)26(23,24)22-10-12-15(21-8-7-20-12)13-5-3-9-25-13/h1-9,22H,10H2. The second-order valence-corrected chi connectivity index (χ2v) is 7.83. The van der Waals surface area contributed by atoms with Gasteiger partial charge in [0.2, 0.25) is 10.0 Å². The maximum Gasteiger partial charge on any atom is 0.417 e. The molecule has 2 aromatic heterocycles. The largest absolute Gasteiger partial charge is 0.417 e. The second kappa shape index (κ2) is 7.14. The molecule has 0 aliphatic rings. The number of thiophene rings is 1. The fraction of sp³-hybridized carbons (Fsp3) is 0.125. The summed E-state index contributed by atoms with van der Waals surface area (Å²) in [6, 6.07) is 7.63. The predicted octanol–water partition coefficient (Wildman–Crippen LogP) is 3.70. The molecule has 10 heteroatoms. The van der Waals surface area contributed by atoms with Gasteiger partial charge >= 0.3 is 6.18 Å². The zero-order valence-corrected chi connectivity index (χ0v) is 14.7. The van der Waals surface area contributed by atoms with E-state index < -0.39 is 26.7 Å². The van der Waals surface area contributed by atoms with Gasteiger partial charge in [-0.15, -0.1) is 11.3 Å². The Morgan fingerprint density at radius 2 is 1.77 bits per heavy atom. The van der Waals surface area contributed by atoms with Crippen LogP contribution >= 0.6 is 11.3 Å². The highest BCUT2D eigenvalue weighted by atomic mass is 32.2. The molecule has 0 bridgehead atoms. The van der Waals surface area contributed by atoms with Crippen molar-refractivity contribution >= 4 is 21.4 Å². The number of hydrogen-bond acceptors (Lipinski definition) is 5. The normalized spacial score (nSPS) is 12.3. The molecule has 2 heterocycles. The topological polar surface area (TPSA) is 72.0 Å². The molecule has 0 fully saturated rings. The maximum absolute atomic E-state index is 13.1. The van der Waals surface area contributed by atoms with E-state index in [1.165, 1.54) is 29.8 Å². The van der Waals surface area contributed by atoms with Crippen LogP contribution in [0.15, 0.2) is 59.1 Å². The zero-order chi connectivity index (χ0) is 18.8. The number of aromatic nitrogens is 2. The fourth-order valence-corrected chi connectivity index (χ4v) is 4.25. The first kappa shape index (κ1) is 18.5. The molecule has 1 aromatic carbocycles. The number of benzene rings is 1. The van der Waals surface area contributed by atoms with Crippen molar-refractivity contribution < 1.29 is 21.6 Å². The van der Waals surface area contributed by atoms with Gasteiger partial charge in [-0.2, -0.15) is 13.2 Å². The van der Waals surface area contributed by atoms with Crippen molar-refractivity contribution in [3.05, 3.63) is 65.4 Å². The minimum Gasteiger partial charge on any atom is -0.256 e. The first-order valence-electron chi connectivity index (χ1n) is 7.29. The van der Waals surface area contributed by atoms with Crippen molar-refractivity contribution in [3.63, 3.8) is 0 Å². The third-order valence-electron chi connectivity index (χ3n) is 3.44. The average molecular weight is 399 g/mol. The number of alkyl halides is 3. The third kappa shape index (κ3) is 3.92. The van der Waals surface area contributed by atoms with Gasteiger partial charge in [-0.3, -0.25) is 9.97 Å². The molecule has 0 radical (unpaired) electrons. The zero-order valence-electron chi connectivity index (χ0n) is 13.1. The minimum atomic E-state index is -4.78.